The summed E-state index contributed by atoms with van der Waals surface area (Å²) < 4.78 is 0. The fraction of sp³-hybridized carbons (Fsp3) is 0.265. The van der Waals surface area contributed by atoms with Crippen molar-refractivity contribution in [3.63, 3.8) is 0 Å². The van der Waals surface area contributed by atoms with E-state index in [2.05, 4.69) is 163 Å². The first-order valence-electron chi connectivity index (χ1n) is 18.6. The number of hydrogen-bond acceptors (Lipinski definition) is 0. The molecule has 0 aliphatic rings. The van der Waals surface area contributed by atoms with Gasteiger partial charge >= 0.3 is 0 Å². The molecule has 0 amide bonds. The summed E-state index contributed by atoms with van der Waals surface area (Å²) in [4.78, 5) is 0. The van der Waals surface area contributed by atoms with Gasteiger partial charge in [0.25, 0.3) is 0 Å². The number of benzene rings is 6. The van der Waals surface area contributed by atoms with Crippen molar-refractivity contribution in [3.8, 4) is 44.5 Å². The Morgan fingerprint density at radius 3 is 1.47 bits per heavy atom. The van der Waals surface area contributed by atoms with E-state index < -0.39 is 0 Å². The van der Waals surface area contributed by atoms with Gasteiger partial charge in [0, 0.05) is 0 Å². The van der Waals surface area contributed by atoms with Crippen LogP contribution in [0, 0.1) is 13.8 Å². The molecule has 6 rings (SSSR count). The van der Waals surface area contributed by atoms with Crippen molar-refractivity contribution >= 4 is 0 Å². The van der Waals surface area contributed by atoms with E-state index in [4.69, 9.17) is 0 Å². The molecule has 0 aromatic heterocycles. The van der Waals surface area contributed by atoms with Crippen molar-refractivity contribution in [2.75, 3.05) is 0 Å². The minimum absolute atomic E-state index is 0.949. The Morgan fingerprint density at radius 1 is 0.388 bits per heavy atom. The average Bonchev–Trinajstić information content (AvgIpc) is 3.14. The fourth-order valence-electron chi connectivity index (χ4n) is 7.86. The Balaban J connectivity index is 1.33. The SMILES string of the molecule is CCCc1cc(Cc2ccc(-c3ccc(-c4ccccc4)c(CC)c3CCC)c(CC)c2)ccc1-c1ccc(-c2ccccc2)c(C)c1C. The van der Waals surface area contributed by atoms with Crippen LogP contribution in [0.15, 0.2) is 121 Å². The summed E-state index contributed by atoms with van der Waals surface area (Å²) in [6.45, 7) is 13.8. The minimum atomic E-state index is 0.949. The molecule has 6 aromatic rings. The van der Waals surface area contributed by atoms with Crippen molar-refractivity contribution in [2.45, 2.75) is 86.5 Å². The van der Waals surface area contributed by atoms with Crippen LogP contribution < -0.4 is 0 Å². The smallest absolute Gasteiger partial charge is 0.00256 e. The van der Waals surface area contributed by atoms with E-state index in [1.54, 1.807) is 0 Å². The molecular weight excluding hydrogens is 589 g/mol. The highest BCUT2D eigenvalue weighted by Crippen LogP contribution is 2.38. The predicted octanol–water partition coefficient (Wildman–Crippen LogP) is 13.6. The van der Waals surface area contributed by atoms with Gasteiger partial charge < -0.3 is 0 Å². The molecule has 0 heteroatoms. The maximum Gasteiger partial charge on any atom is -0.00256 e. The van der Waals surface area contributed by atoms with Crippen molar-refractivity contribution < 1.29 is 0 Å². The summed E-state index contributed by atoms with van der Waals surface area (Å²) in [5, 5.41) is 0. The molecule has 0 atom stereocenters. The van der Waals surface area contributed by atoms with Gasteiger partial charge in [0.05, 0.1) is 0 Å². The van der Waals surface area contributed by atoms with Gasteiger partial charge in [0.1, 0.15) is 0 Å². The molecule has 0 heterocycles. The van der Waals surface area contributed by atoms with Gasteiger partial charge in [-0.25, -0.2) is 0 Å². The lowest BCUT2D eigenvalue weighted by Crippen LogP contribution is -2.02. The molecule has 0 saturated carbocycles. The highest BCUT2D eigenvalue weighted by Gasteiger charge is 2.17. The fourth-order valence-corrected chi connectivity index (χ4v) is 7.86. The zero-order valence-electron chi connectivity index (χ0n) is 30.5. The Bertz CT molecular complexity index is 2030. The molecule has 6 aromatic carbocycles. The lowest BCUT2D eigenvalue weighted by Gasteiger charge is -2.21. The van der Waals surface area contributed by atoms with Crippen molar-refractivity contribution in [2.24, 2.45) is 0 Å². The topological polar surface area (TPSA) is 0 Å². The second-order valence-corrected chi connectivity index (χ2v) is 13.6. The summed E-state index contributed by atoms with van der Waals surface area (Å²) in [6.07, 6.45) is 7.47. The Kier molecular flexibility index (Phi) is 10.9. The maximum atomic E-state index is 2.48. The molecule has 0 fully saturated rings. The van der Waals surface area contributed by atoms with Gasteiger partial charge in [-0.1, -0.05) is 162 Å². The zero-order chi connectivity index (χ0) is 34.3. The lowest BCUT2D eigenvalue weighted by molar-refractivity contribution is 0.901. The Labute approximate surface area is 295 Å². The highest BCUT2D eigenvalue weighted by atomic mass is 14.2. The molecule has 0 saturated heterocycles. The second-order valence-electron chi connectivity index (χ2n) is 13.6. The third-order valence-electron chi connectivity index (χ3n) is 10.5. The summed E-state index contributed by atoms with van der Waals surface area (Å²) in [5.74, 6) is 0. The summed E-state index contributed by atoms with van der Waals surface area (Å²) in [7, 11) is 0. The third-order valence-corrected chi connectivity index (χ3v) is 10.5. The van der Waals surface area contributed by atoms with Crippen LogP contribution in [-0.4, -0.2) is 0 Å². The first kappa shape index (κ1) is 34.2. The Morgan fingerprint density at radius 2 is 0.878 bits per heavy atom. The van der Waals surface area contributed by atoms with Crippen molar-refractivity contribution in [1.82, 2.24) is 0 Å². The van der Waals surface area contributed by atoms with Gasteiger partial charge in [0.15, 0.2) is 0 Å². The summed E-state index contributed by atoms with van der Waals surface area (Å²) >= 11 is 0. The molecule has 0 spiro atoms. The van der Waals surface area contributed by atoms with Crippen LogP contribution in [0.3, 0.4) is 0 Å². The summed E-state index contributed by atoms with van der Waals surface area (Å²) in [6, 6.07) is 45.6. The van der Waals surface area contributed by atoms with Crippen LogP contribution in [0.2, 0.25) is 0 Å². The van der Waals surface area contributed by atoms with Crippen molar-refractivity contribution in [1.29, 1.82) is 0 Å². The van der Waals surface area contributed by atoms with Crippen molar-refractivity contribution in [3.05, 3.63) is 166 Å². The molecule has 0 aliphatic carbocycles. The minimum Gasteiger partial charge on any atom is -0.0651 e. The van der Waals surface area contributed by atoms with Crippen LogP contribution in [-0.2, 0) is 32.1 Å². The lowest BCUT2D eigenvalue weighted by atomic mass is 9.84. The van der Waals surface area contributed by atoms with E-state index in [1.165, 1.54) is 89.0 Å². The maximum absolute atomic E-state index is 2.48. The molecule has 0 unspecified atom stereocenters. The van der Waals surface area contributed by atoms with E-state index in [9.17, 15) is 0 Å². The number of rotatable bonds is 12. The van der Waals surface area contributed by atoms with Gasteiger partial charge in [-0.2, -0.15) is 0 Å². The molecule has 0 bridgehead atoms. The van der Waals surface area contributed by atoms with E-state index in [-0.39, 0.29) is 0 Å². The molecule has 49 heavy (non-hydrogen) atoms. The standard InChI is InChI=1S/C49H52/c1-7-17-41-33-37(24-26-47(41)44-28-27-43(34(5)35(44)6)39-19-13-11-14-20-39)31-36-23-25-45(38(9-3)32-36)49-30-29-46(40-21-15-12-16-22-40)42(10-4)48(49)18-8-2/h11-16,19-30,32-33H,7-10,17-18,31H2,1-6H3. The predicted molar refractivity (Wildman–Crippen MR) is 214 cm³/mol. The average molecular weight is 641 g/mol. The van der Waals surface area contributed by atoms with E-state index in [0.29, 0.717) is 0 Å². The van der Waals surface area contributed by atoms with Gasteiger partial charge in [-0.05, 0) is 135 Å². The van der Waals surface area contributed by atoms with E-state index >= 15 is 0 Å². The van der Waals surface area contributed by atoms with Crippen LogP contribution in [0.1, 0.15) is 85.0 Å². The molecule has 248 valence electrons. The first-order chi connectivity index (χ1) is 24.0. The second kappa shape index (κ2) is 15.7. The molecule has 0 aliphatic heterocycles. The van der Waals surface area contributed by atoms with E-state index in [1.807, 2.05) is 0 Å². The van der Waals surface area contributed by atoms with Gasteiger partial charge in [-0.3, -0.25) is 0 Å². The molecular formula is C49H52. The zero-order valence-corrected chi connectivity index (χ0v) is 30.5. The number of hydrogen-bond donors (Lipinski definition) is 0. The molecule has 0 nitrogen and oxygen atoms in total. The van der Waals surface area contributed by atoms with Crippen LogP contribution in [0.4, 0.5) is 0 Å². The monoisotopic (exact) mass is 640 g/mol. The van der Waals surface area contributed by atoms with Crippen LogP contribution in [0.5, 0.6) is 0 Å². The van der Waals surface area contributed by atoms with Crippen LogP contribution >= 0.6 is 0 Å². The van der Waals surface area contributed by atoms with Gasteiger partial charge in [0.2, 0.25) is 0 Å². The van der Waals surface area contributed by atoms with Gasteiger partial charge in [-0.15, -0.1) is 0 Å². The molecule has 0 radical (unpaired) electrons. The highest BCUT2D eigenvalue weighted by molar-refractivity contribution is 5.80. The normalized spacial score (nSPS) is 11.2. The molecule has 0 N–H and O–H groups in total. The summed E-state index contributed by atoms with van der Waals surface area (Å²) in [5.41, 5.74) is 22.3. The number of aryl methyl sites for hydroxylation is 2. The van der Waals surface area contributed by atoms with Crippen LogP contribution in [0.25, 0.3) is 44.5 Å². The van der Waals surface area contributed by atoms with E-state index in [0.717, 1.165) is 44.9 Å². The largest absolute Gasteiger partial charge is 0.0651 e. The Hall–Kier alpha value is -4.68. The first-order valence-corrected chi connectivity index (χ1v) is 18.6. The third kappa shape index (κ3) is 7.20. The quantitative estimate of drug-likeness (QED) is 0.125.